The number of hydrogen-bond donors (Lipinski definition) is 1. The Morgan fingerprint density at radius 3 is 2.66 bits per heavy atom. The largest absolute Gasteiger partial charge is 0.493 e. The Labute approximate surface area is 176 Å². The first-order chi connectivity index (χ1) is 14.0. The number of benzene rings is 2. The molecule has 0 aromatic heterocycles. The van der Waals surface area contributed by atoms with Gasteiger partial charge in [0.25, 0.3) is 5.91 Å². The average Bonchev–Trinajstić information content (AvgIpc) is 2.75. The van der Waals surface area contributed by atoms with Gasteiger partial charge in [-0.15, -0.1) is 0 Å². The normalized spacial score (nSPS) is 13.7. The summed E-state index contributed by atoms with van der Waals surface area (Å²) in [7, 11) is 1.57. The van der Waals surface area contributed by atoms with E-state index < -0.39 is 0 Å². The van der Waals surface area contributed by atoms with Gasteiger partial charge in [-0.05, 0) is 49.2 Å². The summed E-state index contributed by atoms with van der Waals surface area (Å²) in [6, 6.07) is 11.3. The highest BCUT2D eigenvalue weighted by atomic mass is 32.1. The van der Waals surface area contributed by atoms with E-state index in [1.165, 1.54) is 0 Å². The summed E-state index contributed by atoms with van der Waals surface area (Å²) in [5.74, 6) is 0.809. The highest BCUT2D eigenvalue weighted by molar-refractivity contribution is 7.80. The van der Waals surface area contributed by atoms with E-state index in [2.05, 4.69) is 10.2 Å². The molecule has 0 radical (unpaired) electrons. The van der Waals surface area contributed by atoms with E-state index in [9.17, 15) is 4.79 Å². The first-order valence-electron chi connectivity index (χ1n) is 9.53. The van der Waals surface area contributed by atoms with Crippen molar-refractivity contribution in [1.82, 2.24) is 4.90 Å². The maximum absolute atomic E-state index is 12.3. The molecule has 0 unspecified atom stereocenters. The molecule has 3 rings (SSSR count). The topological polar surface area (TPSA) is 60.0 Å². The third-order valence-electron chi connectivity index (χ3n) is 4.95. The molecule has 2 aromatic rings. The molecule has 1 N–H and O–H groups in total. The molecule has 29 heavy (non-hydrogen) atoms. The number of nitrogens with one attached hydrogen (secondary N) is 1. The van der Waals surface area contributed by atoms with Crippen molar-refractivity contribution in [2.45, 2.75) is 13.8 Å². The summed E-state index contributed by atoms with van der Waals surface area (Å²) >= 11 is 5.60. The molecule has 1 saturated heterocycles. The summed E-state index contributed by atoms with van der Waals surface area (Å²) in [6.45, 7) is 6.77. The number of carbonyl (C=O) groups is 1. The van der Waals surface area contributed by atoms with Gasteiger partial charge in [-0.3, -0.25) is 4.79 Å². The van der Waals surface area contributed by atoms with Crippen LogP contribution in [0.4, 0.5) is 5.69 Å². The van der Waals surface area contributed by atoms with Crippen LogP contribution in [0.5, 0.6) is 11.5 Å². The minimum atomic E-state index is -0.228. The minimum Gasteiger partial charge on any atom is -0.493 e. The predicted molar refractivity (Wildman–Crippen MR) is 117 cm³/mol. The summed E-state index contributed by atoms with van der Waals surface area (Å²) in [5.41, 5.74) is 3.83. The van der Waals surface area contributed by atoms with Crippen LogP contribution in [0.3, 0.4) is 0 Å². The molecule has 6 nitrogen and oxygen atoms in total. The van der Waals surface area contributed by atoms with Gasteiger partial charge < -0.3 is 24.4 Å². The van der Waals surface area contributed by atoms with Crippen LogP contribution in [-0.2, 0) is 9.53 Å². The minimum absolute atomic E-state index is 0.114. The van der Waals surface area contributed by atoms with Gasteiger partial charge in [0.05, 0.1) is 20.3 Å². The van der Waals surface area contributed by atoms with Crippen LogP contribution in [0.1, 0.15) is 16.7 Å². The fraction of sp³-hybridized carbons (Fsp3) is 0.364. The molecule has 0 saturated carbocycles. The Bertz CT molecular complexity index is 894. The van der Waals surface area contributed by atoms with Gasteiger partial charge in [-0.25, -0.2) is 0 Å². The fourth-order valence-electron chi connectivity index (χ4n) is 3.08. The summed E-state index contributed by atoms with van der Waals surface area (Å²) in [5, 5.41) is 2.89. The number of rotatable bonds is 6. The van der Waals surface area contributed by atoms with E-state index in [0.717, 1.165) is 40.5 Å². The van der Waals surface area contributed by atoms with Crippen LogP contribution < -0.4 is 14.8 Å². The molecule has 0 aliphatic carbocycles. The summed E-state index contributed by atoms with van der Waals surface area (Å²) < 4.78 is 16.5. The number of methoxy groups -OCH3 is 1. The monoisotopic (exact) mass is 414 g/mol. The molecule has 0 spiro atoms. The molecule has 1 heterocycles. The zero-order valence-corrected chi connectivity index (χ0v) is 17.8. The zero-order chi connectivity index (χ0) is 20.8. The lowest BCUT2D eigenvalue weighted by Crippen LogP contribution is -2.40. The molecule has 0 atom stereocenters. The van der Waals surface area contributed by atoms with Crippen LogP contribution in [0.25, 0.3) is 0 Å². The van der Waals surface area contributed by atoms with Crippen molar-refractivity contribution in [3.63, 3.8) is 0 Å². The molecule has 154 valence electrons. The number of thiocarbonyl (C=S) groups is 1. The van der Waals surface area contributed by atoms with Gasteiger partial charge in [0, 0.05) is 24.3 Å². The molecule has 1 fully saturated rings. The number of ether oxygens (including phenoxy) is 3. The second kappa shape index (κ2) is 9.71. The Hall–Kier alpha value is -2.64. The smallest absolute Gasteiger partial charge is 0.262 e. The molecule has 1 aliphatic rings. The van der Waals surface area contributed by atoms with Crippen molar-refractivity contribution in [3.8, 4) is 11.5 Å². The van der Waals surface area contributed by atoms with Crippen molar-refractivity contribution in [3.05, 3.63) is 53.1 Å². The average molecular weight is 415 g/mol. The van der Waals surface area contributed by atoms with E-state index >= 15 is 0 Å². The second-order valence-electron chi connectivity index (χ2n) is 6.85. The van der Waals surface area contributed by atoms with Crippen molar-refractivity contribution in [1.29, 1.82) is 0 Å². The summed E-state index contributed by atoms with van der Waals surface area (Å²) in [6.07, 6.45) is 0. The van der Waals surface area contributed by atoms with Crippen molar-refractivity contribution in [2.75, 3.05) is 45.3 Å². The number of aryl methyl sites for hydroxylation is 1. The predicted octanol–water partition coefficient (Wildman–Crippen LogP) is 3.34. The lowest BCUT2D eigenvalue weighted by atomic mass is 10.1. The Morgan fingerprint density at radius 2 is 1.93 bits per heavy atom. The van der Waals surface area contributed by atoms with Crippen LogP contribution >= 0.6 is 12.2 Å². The molecular weight excluding hydrogens is 388 g/mol. The molecule has 1 aliphatic heterocycles. The maximum Gasteiger partial charge on any atom is 0.262 e. The molecule has 7 heteroatoms. The van der Waals surface area contributed by atoms with Gasteiger partial charge >= 0.3 is 0 Å². The molecular formula is C22H26N2O4S. The Balaban J connectivity index is 1.63. The third-order valence-corrected chi connectivity index (χ3v) is 5.44. The number of anilines is 1. The maximum atomic E-state index is 12.3. The highest BCUT2D eigenvalue weighted by Crippen LogP contribution is 2.29. The lowest BCUT2D eigenvalue weighted by Gasteiger charge is -2.29. The van der Waals surface area contributed by atoms with Gasteiger partial charge in [0.15, 0.2) is 18.1 Å². The van der Waals surface area contributed by atoms with Crippen LogP contribution in [0.2, 0.25) is 0 Å². The first-order valence-corrected chi connectivity index (χ1v) is 9.94. The van der Waals surface area contributed by atoms with Crippen LogP contribution in [0, 0.1) is 13.8 Å². The first kappa shape index (κ1) is 21.1. The van der Waals surface area contributed by atoms with E-state index in [-0.39, 0.29) is 12.5 Å². The number of hydrogen-bond acceptors (Lipinski definition) is 5. The number of amides is 1. The number of morpholine rings is 1. The van der Waals surface area contributed by atoms with E-state index in [1.807, 2.05) is 44.2 Å². The third kappa shape index (κ3) is 5.25. The van der Waals surface area contributed by atoms with E-state index in [4.69, 9.17) is 26.4 Å². The SMILES string of the molecule is COc1cc(C(=S)N2CCOCC2)ccc1OCC(=O)Nc1cccc(C)c1C. The lowest BCUT2D eigenvalue weighted by molar-refractivity contribution is -0.118. The summed E-state index contributed by atoms with van der Waals surface area (Å²) in [4.78, 5) is 15.2. The molecule has 1 amide bonds. The molecule has 0 bridgehead atoms. The van der Waals surface area contributed by atoms with Gasteiger partial charge in [0.1, 0.15) is 4.99 Å². The van der Waals surface area contributed by atoms with E-state index in [0.29, 0.717) is 24.7 Å². The number of carbonyl (C=O) groups excluding carboxylic acids is 1. The van der Waals surface area contributed by atoms with Crippen molar-refractivity contribution >= 4 is 28.8 Å². The Morgan fingerprint density at radius 1 is 1.17 bits per heavy atom. The van der Waals surface area contributed by atoms with Crippen molar-refractivity contribution in [2.24, 2.45) is 0 Å². The molecule has 2 aromatic carbocycles. The highest BCUT2D eigenvalue weighted by Gasteiger charge is 2.17. The van der Waals surface area contributed by atoms with E-state index in [1.54, 1.807) is 13.2 Å². The van der Waals surface area contributed by atoms with Crippen molar-refractivity contribution < 1.29 is 19.0 Å². The van der Waals surface area contributed by atoms with Gasteiger partial charge in [-0.2, -0.15) is 0 Å². The number of nitrogens with zero attached hydrogens (tertiary/aromatic N) is 1. The fourth-order valence-corrected chi connectivity index (χ4v) is 3.39. The standard InChI is InChI=1S/C22H26N2O4S/c1-15-5-4-6-18(16(15)2)23-21(25)14-28-19-8-7-17(13-20(19)26-3)22(29)24-9-11-27-12-10-24/h4-8,13H,9-12,14H2,1-3H3,(H,23,25). The zero-order valence-electron chi connectivity index (χ0n) is 17.0. The van der Waals surface area contributed by atoms with Gasteiger partial charge in [-0.1, -0.05) is 24.4 Å². The second-order valence-corrected chi connectivity index (χ2v) is 7.24. The van der Waals surface area contributed by atoms with Crippen LogP contribution in [-0.4, -0.2) is 55.8 Å². The van der Waals surface area contributed by atoms with Gasteiger partial charge in [0.2, 0.25) is 0 Å². The quantitative estimate of drug-likeness (QED) is 0.732. The Kier molecular flexibility index (Phi) is 7.06. The van der Waals surface area contributed by atoms with Crippen LogP contribution in [0.15, 0.2) is 36.4 Å².